The number of halogens is 3. The van der Waals surface area contributed by atoms with Crippen molar-refractivity contribution in [1.82, 2.24) is 4.31 Å². The van der Waals surface area contributed by atoms with Crippen molar-refractivity contribution in [3.63, 3.8) is 0 Å². The van der Waals surface area contributed by atoms with Crippen LogP contribution in [0.4, 0.5) is 0 Å². The molecule has 1 fully saturated rings. The van der Waals surface area contributed by atoms with E-state index in [0.29, 0.717) is 17.4 Å². The van der Waals surface area contributed by atoms with E-state index in [4.69, 9.17) is 23.2 Å². The van der Waals surface area contributed by atoms with E-state index in [0.717, 1.165) is 6.42 Å². The largest absolute Gasteiger partial charge is 0.395 e. The maximum Gasteiger partial charge on any atom is 0.246 e. The highest BCUT2D eigenvalue weighted by atomic mass is 79.9. The Morgan fingerprint density at radius 3 is 2.47 bits per heavy atom. The molecule has 0 spiro atoms. The lowest BCUT2D eigenvalue weighted by molar-refractivity contribution is 0.213. The Labute approximate surface area is 130 Å². The molecule has 0 saturated carbocycles. The highest BCUT2D eigenvalue weighted by Gasteiger charge is 2.37. The fraction of sp³-hybridized carbons (Fsp3) is 0.455. The third kappa shape index (κ3) is 2.94. The number of benzene rings is 1. The molecule has 1 saturated heterocycles. The van der Waals surface area contributed by atoms with Gasteiger partial charge in [-0.05, 0) is 25.0 Å². The molecular weight excluding hydrogens is 377 g/mol. The topological polar surface area (TPSA) is 57.6 Å². The number of aliphatic hydroxyl groups excluding tert-OH is 1. The van der Waals surface area contributed by atoms with Crippen LogP contribution in [0.15, 0.2) is 21.5 Å². The molecular formula is C11H12BrCl2NO3S. The van der Waals surface area contributed by atoms with Crippen LogP contribution in [0.1, 0.15) is 12.8 Å². The van der Waals surface area contributed by atoms with Crippen LogP contribution < -0.4 is 0 Å². The van der Waals surface area contributed by atoms with Gasteiger partial charge in [-0.1, -0.05) is 39.1 Å². The number of aliphatic hydroxyl groups is 1. The molecule has 1 aliphatic rings. The highest BCUT2D eigenvalue weighted by molar-refractivity contribution is 9.10. The predicted molar refractivity (Wildman–Crippen MR) is 78.2 cm³/mol. The van der Waals surface area contributed by atoms with Crippen LogP contribution in [0.25, 0.3) is 0 Å². The van der Waals surface area contributed by atoms with Gasteiger partial charge in [-0.2, -0.15) is 4.31 Å². The zero-order valence-corrected chi connectivity index (χ0v) is 13.7. The van der Waals surface area contributed by atoms with Gasteiger partial charge < -0.3 is 5.11 Å². The summed E-state index contributed by atoms with van der Waals surface area (Å²) >= 11 is 15.2. The minimum absolute atomic E-state index is 0.0722. The molecule has 1 unspecified atom stereocenters. The molecule has 1 aliphatic heterocycles. The molecule has 0 radical (unpaired) electrons. The minimum atomic E-state index is -3.79. The zero-order chi connectivity index (χ0) is 14.2. The average Bonchev–Trinajstić information content (AvgIpc) is 2.75. The molecule has 2 rings (SSSR count). The van der Waals surface area contributed by atoms with Crippen molar-refractivity contribution in [1.29, 1.82) is 0 Å². The number of hydrogen-bond acceptors (Lipinski definition) is 3. The van der Waals surface area contributed by atoms with Gasteiger partial charge in [-0.3, -0.25) is 0 Å². The first-order chi connectivity index (χ1) is 8.87. The molecule has 0 amide bonds. The molecule has 8 heteroatoms. The van der Waals surface area contributed by atoms with Crippen LogP contribution in [0, 0.1) is 0 Å². The molecule has 106 valence electrons. The second-order valence-electron chi connectivity index (χ2n) is 4.29. The van der Waals surface area contributed by atoms with E-state index in [2.05, 4.69) is 15.9 Å². The summed E-state index contributed by atoms with van der Waals surface area (Å²) in [6, 6.07) is 2.58. The van der Waals surface area contributed by atoms with Crippen molar-refractivity contribution >= 4 is 49.2 Å². The maximum atomic E-state index is 12.6. The zero-order valence-electron chi connectivity index (χ0n) is 9.81. The summed E-state index contributed by atoms with van der Waals surface area (Å²) in [5.74, 6) is 0. The van der Waals surface area contributed by atoms with Crippen LogP contribution in [-0.4, -0.2) is 37.0 Å². The minimum Gasteiger partial charge on any atom is -0.395 e. The number of sulfonamides is 1. The number of rotatable bonds is 3. The fourth-order valence-electron chi connectivity index (χ4n) is 2.20. The van der Waals surface area contributed by atoms with Crippen LogP contribution in [0.2, 0.25) is 10.0 Å². The second kappa shape index (κ2) is 5.87. The summed E-state index contributed by atoms with van der Waals surface area (Å²) < 4.78 is 27.1. The van der Waals surface area contributed by atoms with E-state index < -0.39 is 16.1 Å². The van der Waals surface area contributed by atoms with Crippen molar-refractivity contribution in [3.8, 4) is 0 Å². The first-order valence-corrected chi connectivity index (χ1v) is 8.64. The molecule has 1 atom stereocenters. The lowest BCUT2D eigenvalue weighted by atomic mass is 10.2. The first-order valence-electron chi connectivity index (χ1n) is 5.65. The van der Waals surface area contributed by atoms with Crippen LogP contribution >= 0.6 is 39.1 Å². The smallest absolute Gasteiger partial charge is 0.246 e. The van der Waals surface area contributed by atoms with Crippen LogP contribution in [0.3, 0.4) is 0 Å². The quantitative estimate of drug-likeness (QED) is 0.865. The Kier molecular flexibility index (Phi) is 4.80. The average molecular weight is 389 g/mol. The van der Waals surface area contributed by atoms with Gasteiger partial charge in [0, 0.05) is 17.1 Å². The molecule has 1 aromatic carbocycles. The van der Waals surface area contributed by atoms with Gasteiger partial charge in [-0.15, -0.1) is 0 Å². The highest BCUT2D eigenvalue weighted by Crippen LogP contribution is 2.36. The summed E-state index contributed by atoms with van der Waals surface area (Å²) in [5, 5.41) is 9.39. The van der Waals surface area contributed by atoms with Gasteiger partial charge in [0.25, 0.3) is 0 Å². The normalized spacial score (nSPS) is 20.9. The number of nitrogens with zero attached hydrogens (tertiary/aromatic N) is 1. The molecule has 1 aromatic rings. The summed E-state index contributed by atoms with van der Waals surface area (Å²) in [4.78, 5) is -0.0978. The monoisotopic (exact) mass is 387 g/mol. The summed E-state index contributed by atoms with van der Waals surface area (Å²) in [6.45, 7) is 0.168. The third-order valence-corrected chi connectivity index (χ3v) is 6.40. The van der Waals surface area contributed by atoms with Crippen molar-refractivity contribution in [2.75, 3.05) is 13.2 Å². The van der Waals surface area contributed by atoms with Gasteiger partial charge >= 0.3 is 0 Å². The molecule has 0 aromatic heterocycles. The summed E-state index contributed by atoms with van der Waals surface area (Å²) in [5.41, 5.74) is 0. The van der Waals surface area contributed by atoms with Crippen LogP contribution in [-0.2, 0) is 10.0 Å². The molecule has 1 N–H and O–H groups in total. The van der Waals surface area contributed by atoms with Gasteiger partial charge in [0.05, 0.1) is 16.7 Å². The molecule has 4 nitrogen and oxygen atoms in total. The lowest BCUT2D eigenvalue weighted by Gasteiger charge is -2.23. The Morgan fingerprint density at radius 2 is 1.95 bits per heavy atom. The predicted octanol–water partition coefficient (Wildman–Crippen LogP) is 2.90. The van der Waals surface area contributed by atoms with E-state index in [9.17, 15) is 13.5 Å². The van der Waals surface area contributed by atoms with Gasteiger partial charge in [0.15, 0.2) is 0 Å². The first kappa shape index (κ1) is 15.5. The summed E-state index contributed by atoms with van der Waals surface area (Å²) in [7, 11) is -3.79. The Morgan fingerprint density at radius 1 is 1.37 bits per heavy atom. The van der Waals surface area contributed by atoms with Gasteiger partial charge in [0.2, 0.25) is 10.0 Å². The molecule has 0 aliphatic carbocycles. The van der Waals surface area contributed by atoms with Crippen LogP contribution in [0.5, 0.6) is 0 Å². The van der Waals surface area contributed by atoms with E-state index >= 15 is 0 Å². The molecule has 1 heterocycles. The van der Waals surface area contributed by atoms with E-state index in [1.807, 2.05) is 0 Å². The lowest BCUT2D eigenvalue weighted by Crippen LogP contribution is -2.37. The Hall–Kier alpha value is 0.150. The summed E-state index contributed by atoms with van der Waals surface area (Å²) in [6.07, 6.45) is 1.36. The Balaban J connectivity index is 2.51. The van der Waals surface area contributed by atoms with Crippen molar-refractivity contribution in [2.45, 2.75) is 23.8 Å². The second-order valence-corrected chi connectivity index (χ2v) is 7.85. The number of hydrogen-bond donors (Lipinski definition) is 1. The van der Waals surface area contributed by atoms with Crippen molar-refractivity contribution in [2.24, 2.45) is 0 Å². The van der Waals surface area contributed by atoms with Crippen molar-refractivity contribution in [3.05, 3.63) is 26.7 Å². The van der Waals surface area contributed by atoms with E-state index in [1.165, 1.54) is 16.4 Å². The van der Waals surface area contributed by atoms with E-state index in [1.54, 1.807) is 0 Å². The maximum absolute atomic E-state index is 12.6. The standard InChI is InChI=1S/C11H12BrCl2NO3S/c12-7-4-9(13)11(10(14)5-7)19(17,18)15-3-1-2-8(15)6-16/h4-5,8,16H,1-3,6H2. The van der Waals surface area contributed by atoms with E-state index in [-0.39, 0.29) is 21.5 Å². The molecule has 19 heavy (non-hydrogen) atoms. The van der Waals surface area contributed by atoms with Gasteiger partial charge in [0.1, 0.15) is 4.90 Å². The fourth-order valence-corrected chi connectivity index (χ4v) is 5.77. The van der Waals surface area contributed by atoms with Gasteiger partial charge in [-0.25, -0.2) is 8.42 Å². The SMILES string of the molecule is O=S(=O)(c1c(Cl)cc(Br)cc1Cl)N1CCCC1CO. The van der Waals surface area contributed by atoms with Crippen molar-refractivity contribution < 1.29 is 13.5 Å². The Bertz CT molecular complexity index is 571. The molecule has 0 bridgehead atoms. The third-order valence-electron chi connectivity index (χ3n) is 3.06.